The van der Waals surface area contributed by atoms with Crippen molar-refractivity contribution >= 4 is 5.69 Å². The monoisotopic (exact) mass is 250 g/mol. The molecule has 100 valence electrons. The summed E-state index contributed by atoms with van der Waals surface area (Å²) >= 11 is 0. The Bertz CT molecular complexity index is 389. The molecule has 1 fully saturated rings. The van der Waals surface area contributed by atoms with Crippen LogP contribution in [0.3, 0.4) is 0 Å². The number of rotatable bonds is 6. The number of nitrogens with two attached hydrogens (primary N) is 1. The molecule has 3 N–H and O–H groups in total. The Morgan fingerprint density at radius 3 is 2.72 bits per heavy atom. The Morgan fingerprint density at radius 1 is 1.39 bits per heavy atom. The number of hydrogen-bond acceptors (Lipinski definition) is 4. The quantitative estimate of drug-likeness (QED) is 0.811. The van der Waals surface area contributed by atoms with E-state index in [-0.39, 0.29) is 5.54 Å². The lowest BCUT2D eigenvalue weighted by molar-refractivity contribution is -0.0272. The zero-order valence-corrected chi connectivity index (χ0v) is 11.1. The summed E-state index contributed by atoms with van der Waals surface area (Å²) in [5, 5.41) is 3.52. The largest absolute Gasteiger partial charge is 0.495 e. The SMILES string of the molecule is CCOC1CC(CN)(Nc2ccccc2OC)C1. The van der Waals surface area contributed by atoms with E-state index in [1.165, 1.54) is 0 Å². The molecule has 1 aliphatic carbocycles. The molecule has 4 nitrogen and oxygen atoms in total. The lowest BCUT2D eigenvalue weighted by atomic mass is 9.74. The van der Waals surface area contributed by atoms with Crippen LogP contribution in [0.25, 0.3) is 0 Å². The fourth-order valence-corrected chi connectivity index (χ4v) is 2.52. The zero-order valence-electron chi connectivity index (χ0n) is 11.1. The van der Waals surface area contributed by atoms with Gasteiger partial charge in [-0.15, -0.1) is 0 Å². The summed E-state index contributed by atoms with van der Waals surface area (Å²) in [5.41, 5.74) is 6.86. The molecule has 0 atom stereocenters. The molecule has 0 aromatic heterocycles. The molecule has 0 saturated heterocycles. The van der Waals surface area contributed by atoms with Gasteiger partial charge in [0.15, 0.2) is 0 Å². The molecule has 0 heterocycles. The van der Waals surface area contributed by atoms with Gasteiger partial charge in [0.05, 0.1) is 24.4 Å². The van der Waals surface area contributed by atoms with Gasteiger partial charge in [-0.3, -0.25) is 0 Å². The van der Waals surface area contributed by atoms with Crippen LogP contribution in [0.2, 0.25) is 0 Å². The van der Waals surface area contributed by atoms with Crippen molar-refractivity contribution in [1.29, 1.82) is 0 Å². The maximum absolute atomic E-state index is 5.91. The van der Waals surface area contributed by atoms with E-state index >= 15 is 0 Å². The van der Waals surface area contributed by atoms with E-state index in [2.05, 4.69) is 5.32 Å². The standard InChI is InChI=1S/C14H22N2O2/c1-3-18-11-8-14(9-11,10-15)16-12-6-4-5-7-13(12)17-2/h4-7,11,16H,3,8-10,15H2,1-2H3. The van der Waals surface area contributed by atoms with Crippen LogP contribution in [0.4, 0.5) is 5.69 Å². The van der Waals surface area contributed by atoms with Crippen LogP contribution in [0, 0.1) is 0 Å². The predicted octanol–water partition coefficient (Wildman–Crippen LogP) is 2.00. The first-order valence-corrected chi connectivity index (χ1v) is 6.46. The molecule has 2 rings (SSSR count). The van der Waals surface area contributed by atoms with E-state index in [0.29, 0.717) is 12.6 Å². The van der Waals surface area contributed by atoms with Crippen molar-refractivity contribution in [3.05, 3.63) is 24.3 Å². The van der Waals surface area contributed by atoms with Crippen LogP contribution in [0.1, 0.15) is 19.8 Å². The van der Waals surface area contributed by atoms with Crippen molar-refractivity contribution < 1.29 is 9.47 Å². The van der Waals surface area contributed by atoms with Gasteiger partial charge < -0.3 is 20.5 Å². The van der Waals surface area contributed by atoms with E-state index in [4.69, 9.17) is 15.2 Å². The van der Waals surface area contributed by atoms with E-state index in [0.717, 1.165) is 30.9 Å². The molecule has 0 bridgehead atoms. The fourth-order valence-electron chi connectivity index (χ4n) is 2.52. The highest BCUT2D eigenvalue weighted by Crippen LogP contribution is 2.38. The Balaban J connectivity index is 2.03. The minimum absolute atomic E-state index is 0.0472. The van der Waals surface area contributed by atoms with Gasteiger partial charge in [0, 0.05) is 13.2 Å². The highest BCUT2D eigenvalue weighted by atomic mass is 16.5. The summed E-state index contributed by atoms with van der Waals surface area (Å²) in [6.45, 7) is 3.39. The van der Waals surface area contributed by atoms with Gasteiger partial charge in [0.1, 0.15) is 5.75 Å². The van der Waals surface area contributed by atoms with Gasteiger partial charge in [-0.05, 0) is 31.9 Å². The molecule has 0 spiro atoms. The third kappa shape index (κ3) is 2.60. The number of hydrogen-bond donors (Lipinski definition) is 2. The van der Waals surface area contributed by atoms with Gasteiger partial charge in [-0.1, -0.05) is 12.1 Å². The Hall–Kier alpha value is -1.26. The second-order valence-electron chi connectivity index (χ2n) is 4.80. The van der Waals surface area contributed by atoms with Crippen molar-refractivity contribution in [2.45, 2.75) is 31.4 Å². The van der Waals surface area contributed by atoms with E-state index < -0.39 is 0 Å². The summed E-state index contributed by atoms with van der Waals surface area (Å²) in [4.78, 5) is 0. The van der Waals surface area contributed by atoms with Crippen molar-refractivity contribution in [2.75, 3.05) is 25.6 Å². The molecule has 18 heavy (non-hydrogen) atoms. The molecule has 0 amide bonds. The second kappa shape index (κ2) is 5.59. The highest BCUT2D eigenvalue weighted by molar-refractivity contribution is 5.58. The molecule has 0 aliphatic heterocycles. The third-order valence-electron chi connectivity index (χ3n) is 3.54. The number of nitrogens with one attached hydrogen (secondary N) is 1. The van der Waals surface area contributed by atoms with Crippen molar-refractivity contribution in [3.8, 4) is 5.75 Å². The molecular weight excluding hydrogens is 228 g/mol. The summed E-state index contributed by atoms with van der Waals surface area (Å²) in [5.74, 6) is 0.852. The Kier molecular flexibility index (Phi) is 4.09. The van der Waals surface area contributed by atoms with Crippen LogP contribution >= 0.6 is 0 Å². The van der Waals surface area contributed by atoms with Crippen molar-refractivity contribution in [2.24, 2.45) is 5.73 Å². The smallest absolute Gasteiger partial charge is 0.141 e. The summed E-state index contributed by atoms with van der Waals surface area (Å²) in [7, 11) is 1.68. The molecule has 1 aromatic rings. The van der Waals surface area contributed by atoms with Gasteiger partial charge in [-0.2, -0.15) is 0 Å². The number of benzene rings is 1. The third-order valence-corrected chi connectivity index (χ3v) is 3.54. The van der Waals surface area contributed by atoms with Gasteiger partial charge in [0.2, 0.25) is 0 Å². The maximum atomic E-state index is 5.91. The van der Waals surface area contributed by atoms with Gasteiger partial charge >= 0.3 is 0 Å². The van der Waals surface area contributed by atoms with Crippen molar-refractivity contribution in [1.82, 2.24) is 0 Å². The summed E-state index contributed by atoms with van der Waals surface area (Å²) in [6, 6.07) is 7.92. The zero-order chi connectivity index (χ0) is 13.0. The lowest BCUT2D eigenvalue weighted by Crippen LogP contribution is -2.58. The van der Waals surface area contributed by atoms with Crippen LogP contribution in [-0.2, 0) is 4.74 Å². The van der Waals surface area contributed by atoms with Crippen LogP contribution in [0.15, 0.2) is 24.3 Å². The van der Waals surface area contributed by atoms with Crippen LogP contribution in [0.5, 0.6) is 5.75 Å². The topological polar surface area (TPSA) is 56.5 Å². The highest BCUT2D eigenvalue weighted by Gasteiger charge is 2.44. The molecular formula is C14H22N2O2. The number of methoxy groups -OCH3 is 1. The molecule has 4 heteroatoms. The number of anilines is 1. The molecule has 1 aliphatic rings. The normalized spacial score (nSPS) is 26.5. The predicted molar refractivity (Wildman–Crippen MR) is 73.1 cm³/mol. The van der Waals surface area contributed by atoms with Gasteiger partial charge in [0.25, 0.3) is 0 Å². The lowest BCUT2D eigenvalue weighted by Gasteiger charge is -2.47. The van der Waals surface area contributed by atoms with Crippen LogP contribution in [-0.4, -0.2) is 31.9 Å². The minimum Gasteiger partial charge on any atom is -0.495 e. The second-order valence-corrected chi connectivity index (χ2v) is 4.80. The summed E-state index contributed by atoms with van der Waals surface area (Å²) in [6.07, 6.45) is 2.24. The average Bonchev–Trinajstić information content (AvgIpc) is 2.36. The number of ether oxygens (including phenoxy) is 2. The Morgan fingerprint density at radius 2 is 2.11 bits per heavy atom. The first-order chi connectivity index (χ1) is 8.73. The molecule has 0 radical (unpaired) electrons. The van der Waals surface area contributed by atoms with E-state index in [9.17, 15) is 0 Å². The first kappa shape index (κ1) is 13.2. The maximum Gasteiger partial charge on any atom is 0.141 e. The Labute approximate surface area is 108 Å². The minimum atomic E-state index is -0.0472. The average molecular weight is 250 g/mol. The summed E-state index contributed by atoms with van der Waals surface area (Å²) < 4.78 is 10.9. The van der Waals surface area contributed by atoms with E-state index in [1.54, 1.807) is 7.11 Å². The first-order valence-electron chi connectivity index (χ1n) is 6.46. The van der Waals surface area contributed by atoms with Gasteiger partial charge in [-0.25, -0.2) is 0 Å². The molecule has 1 saturated carbocycles. The van der Waals surface area contributed by atoms with Crippen LogP contribution < -0.4 is 15.8 Å². The number of para-hydroxylation sites is 2. The molecule has 0 unspecified atom stereocenters. The fraction of sp³-hybridized carbons (Fsp3) is 0.571. The molecule has 1 aromatic carbocycles. The van der Waals surface area contributed by atoms with E-state index in [1.807, 2.05) is 31.2 Å². The van der Waals surface area contributed by atoms with Crippen molar-refractivity contribution in [3.63, 3.8) is 0 Å².